The summed E-state index contributed by atoms with van der Waals surface area (Å²) in [5, 5.41) is 0. The molecule has 0 aromatic heterocycles. The van der Waals surface area contributed by atoms with Crippen LogP contribution in [0.25, 0.3) is 11.1 Å². The van der Waals surface area contributed by atoms with Crippen molar-refractivity contribution < 1.29 is 19.1 Å². The molecule has 0 saturated heterocycles. The minimum absolute atomic E-state index is 0.166. The van der Waals surface area contributed by atoms with Crippen molar-refractivity contribution in [3.8, 4) is 16.9 Å². The highest BCUT2D eigenvalue weighted by Crippen LogP contribution is 2.32. The molecule has 0 unspecified atom stereocenters. The van der Waals surface area contributed by atoms with Crippen LogP contribution in [0.2, 0.25) is 0 Å². The topological polar surface area (TPSA) is 52.6 Å². The monoisotopic (exact) mass is 464 g/mol. The molecule has 4 aromatic rings. The molecule has 0 fully saturated rings. The first-order valence-corrected chi connectivity index (χ1v) is 11.5. The van der Waals surface area contributed by atoms with E-state index in [1.807, 2.05) is 48.5 Å². The van der Waals surface area contributed by atoms with Crippen LogP contribution in [0.4, 0.5) is 0 Å². The van der Waals surface area contributed by atoms with E-state index in [-0.39, 0.29) is 11.4 Å². The van der Waals surface area contributed by atoms with E-state index in [4.69, 9.17) is 9.47 Å². The zero-order valence-corrected chi connectivity index (χ0v) is 20.4. The predicted octanol–water partition coefficient (Wildman–Crippen LogP) is 6.99. The fourth-order valence-corrected chi connectivity index (χ4v) is 3.96. The van der Waals surface area contributed by atoms with Gasteiger partial charge in [-0.15, -0.1) is 0 Å². The van der Waals surface area contributed by atoms with Gasteiger partial charge in [-0.2, -0.15) is 0 Å². The first-order chi connectivity index (χ1) is 16.8. The minimum atomic E-state index is -0.414. The fraction of sp³-hybridized carbons (Fsp3) is 0.161. The number of hydrogen-bond donors (Lipinski definition) is 0. The van der Waals surface area contributed by atoms with Crippen LogP contribution in [0.15, 0.2) is 97.1 Å². The number of methoxy groups -OCH3 is 1. The first-order valence-electron chi connectivity index (χ1n) is 11.5. The van der Waals surface area contributed by atoms with E-state index in [9.17, 15) is 9.59 Å². The quantitative estimate of drug-likeness (QED) is 0.228. The molecule has 176 valence electrons. The van der Waals surface area contributed by atoms with Gasteiger partial charge in [-0.3, -0.25) is 0 Å². The summed E-state index contributed by atoms with van der Waals surface area (Å²) in [5.74, 6) is -0.287. The highest BCUT2D eigenvalue weighted by molar-refractivity contribution is 5.92. The molecule has 0 atom stereocenters. The number of aryl methyl sites for hydroxylation is 1. The highest BCUT2D eigenvalue weighted by Gasteiger charge is 2.23. The van der Waals surface area contributed by atoms with Crippen LogP contribution in [0.1, 0.15) is 51.3 Å². The van der Waals surface area contributed by atoms with Crippen LogP contribution < -0.4 is 4.74 Å². The fourth-order valence-electron chi connectivity index (χ4n) is 3.96. The predicted molar refractivity (Wildman–Crippen MR) is 138 cm³/mol. The molecule has 0 aliphatic carbocycles. The number of rotatable bonds is 6. The molecular weight excluding hydrogens is 436 g/mol. The van der Waals surface area contributed by atoms with Crippen LogP contribution in [0.3, 0.4) is 0 Å². The molecule has 4 rings (SSSR count). The van der Waals surface area contributed by atoms with Crippen LogP contribution in [-0.4, -0.2) is 19.0 Å². The van der Waals surface area contributed by atoms with E-state index in [2.05, 4.69) is 45.0 Å². The second-order valence-electron chi connectivity index (χ2n) is 9.05. The lowest BCUT2D eigenvalue weighted by molar-refractivity contribution is 0.0600. The molecule has 4 nitrogen and oxygen atoms in total. The van der Waals surface area contributed by atoms with Gasteiger partial charge in [0.05, 0.1) is 18.2 Å². The number of carbonyl (C=O) groups excluding carboxylic acids is 2. The minimum Gasteiger partial charge on any atom is -0.465 e. The molecule has 0 amide bonds. The van der Waals surface area contributed by atoms with Gasteiger partial charge in [0.25, 0.3) is 0 Å². The summed E-state index contributed by atoms with van der Waals surface area (Å²) >= 11 is 0. The van der Waals surface area contributed by atoms with Crippen LogP contribution in [0, 0.1) is 6.92 Å². The van der Waals surface area contributed by atoms with Crippen LogP contribution in [-0.2, 0) is 10.2 Å². The lowest BCUT2D eigenvalue weighted by atomic mass is 9.78. The van der Waals surface area contributed by atoms with Gasteiger partial charge in [0, 0.05) is 5.41 Å². The standard InChI is InChI=1S/C31H28O4/c1-21-5-15-26(16-6-21)31(2,3)27-17-19-28(20-18-27)35-30(33)25-13-9-23(10-14-25)22-7-11-24(12-8-22)29(32)34-4/h5-20H,1-4H3. The van der Waals surface area contributed by atoms with Crippen molar-refractivity contribution in [1.82, 2.24) is 0 Å². The second kappa shape index (κ2) is 9.98. The lowest BCUT2D eigenvalue weighted by Gasteiger charge is -2.26. The van der Waals surface area contributed by atoms with Crippen molar-refractivity contribution >= 4 is 11.9 Å². The normalized spacial score (nSPS) is 11.1. The Kier molecular flexibility index (Phi) is 6.83. The Morgan fingerprint density at radius 3 is 1.49 bits per heavy atom. The van der Waals surface area contributed by atoms with Gasteiger partial charge in [0.1, 0.15) is 5.75 Å². The summed E-state index contributed by atoms with van der Waals surface area (Å²) in [6.45, 7) is 6.45. The highest BCUT2D eigenvalue weighted by atomic mass is 16.5. The zero-order chi connectivity index (χ0) is 25.0. The van der Waals surface area contributed by atoms with E-state index < -0.39 is 5.97 Å². The van der Waals surface area contributed by atoms with Crippen LogP contribution >= 0.6 is 0 Å². The Morgan fingerprint density at radius 2 is 1.03 bits per heavy atom. The molecule has 0 heterocycles. The number of benzene rings is 4. The van der Waals surface area contributed by atoms with Crippen molar-refractivity contribution in [2.45, 2.75) is 26.2 Å². The Labute approximate surface area is 206 Å². The molecule has 0 radical (unpaired) electrons. The Hall–Kier alpha value is -4.18. The molecule has 0 aliphatic rings. The maximum atomic E-state index is 12.7. The number of esters is 2. The summed E-state index contributed by atoms with van der Waals surface area (Å²) in [6.07, 6.45) is 0. The number of carbonyl (C=O) groups is 2. The van der Waals surface area contributed by atoms with Gasteiger partial charge >= 0.3 is 11.9 Å². The molecule has 4 heteroatoms. The molecule has 0 spiro atoms. The number of ether oxygens (including phenoxy) is 2. The summed E-state index contributed by atoms with van der Waals surface area (Å²) in [5.41, 5.74) is 6.26. The Balaban J connectivity index is 1.43. The van der Waals surface area contributed by atoms with Gasteiger partial charge in [-0.1, -0.05) is 80.1 Å². The molecule has 0 N–H and O–H groups in total. The van der Waals surface area contributed by atoms with E-state index in [1.54, 1.807) is 24.3 Å². The number of hydrogen-bond acceptors (Lipinski definition) is 4. The third-order valence-electron chi connectivity index (χ3n) is 6.32. The maximum absolute atomic E-state index is 12.7. The maximum Gasteiger partial charge on any atom is 0.343 e. The molecule has 0 bridgehead atoms. The van der Waals surface area contributed by atoms with Gasteiger partial charge in [-0.05, 0) is 65.6 Å². The van der Waals surface area contributed by atoms with E-state index in [0.29, 0.717) is 16.9 Å². The van der Waals surface area contributed by atoms with Crippen molar-refractivity contribution in [1.29, 1.82) is 0 Å². The van der Waals surface area contributed by atoms with E-state index >= 15 is 0 Å². The van der Waals surface area contributed by atoms with Gasteiger partial charge in [-0.25, -0.2) is 9.59 Å². The first kappa shape index (κ1) is 24.0. The third-order valence-corrected chi connectivity index (χ3v) is 6.32. The Bertz CT molecular complexity index is 1320. The molecule has 0 saturated carbocycles. The average Bonchev–Trinajstić information content (AvgIpc) is 2.89. The van der Waals surface area contributed by atoms with Crippen molar-refractivity contribution in [2.75, 3.05) is 7.11 Å². The van der Waals surface area contributed by atoms with Crippen molar-refractivity contribution in [2.24, 2.45) is 0 Å². The van der Waals surface area contributed by atoms with Gasteiger partial charge < -0.3 is 9.47 Å². The van der Waals surface area contributed by atoms with E-state index in [1.165, 1.54) is 18.2 Å². The SMILES string of the molecule is COC(=O)c1ccc(-c2ccc(C(=O)Oc3ccc(C(C)(C)c4ccc(C)cc4)cc3)cc2)cc1. The van der Waals surface area contributed by atoms with Crippen LogP contribution in [0.5, 0.6) is 5.75 Å². The lowest BCUT2D eigenvalue weighted by Crippen LogP contribution is -2.18. The summed E-state index contributed by atoms with van der Waals surface area (Å²) in [4.78, 5) is 24.3. The second-order valence-corrected chi connectivity index (χ2v) is 9.05. The van der Waals surface area contributed by atoms with Gasteiger partial charge in [0.2, 0.25) is 0 Å². The summed E-state index contributed by atoms with van der Waals surface area (Å²) in [7, 11) is 1.36. The smallest absolute Gasteiger partial charge is 0.343 e. The molecule has 35 heavy (non-hydrogen) atoms. The van der Waals surface area contributed by atoms with Crippen molar-refractivity contribution in [3.05, 3.63) is 125 Å². The third kappa shape index (κ3) is 5.33. The molecular formula is C31H28O4. The van der Waals surface area contributed by atoms with Gasteiger partial charge in [0.15, 0.2) is 0 Å². The summed E-state index contributed by atoms with van der Waals surface area (Å²) in [6, 6.07) is 30.5. The zero-order valence-electron chi connectivity index (χ0n) is 20.4. The summed E-state index contributed by atoms with van der Waals surface area (Å²) < 4.78 is 10.3. The molecule has 4 aromatic carbocycles. The van der Waals surface area contributed by atoms with E-state index in [0.717, 1.165) is 16.7 Å². The Morgan fingerprint density at radius 1 is 0.600 bits per heavy atom. The largest absolute Gasteiger partial charge is 0.465 e. The van der Waals surface area contributed by atoms with Crippen molar-refractivity contribution in [3.63, 3.8) is 0 Å². The average molecular weight is 465 g/mol. The molecule has 0 aliphatic heterocycles.